The second kappa shape index (κ2) is 8.89. The third-order valence-corrected chi connectivity index (χ3v) is 5.30. The van der Waals surface area contributed by atoms with E-state index < -0.39 is 11.7 Å². The first-order valence-corrected chi connectivity index (χ1v) is 10.1. The number of rotatable bonds is 4. The molecule has 4 rings (SSSR count). The van der Waals surface area contributed by atoms with Gasteiger partial charge in [-0.3, -0.25) is 9.78 Å². The molecule has 32 heavy (non-hydrogen) atoms. The van der Waals surface area contributed by atoms with Gasteiger partial charge in [0.25, 0.3) is 5.91 Å². The molecule has 1 aliphatic heterocycles. The van der Waals surface area contributed by atoms with Crippen LogP contribution in [-0.2, 0) is 6.18 Å². The first kappa shape index (κ1) is 21.7. The number of piperidine rings is 1. The maximum atomic E-state index is 13.3. The number of hydrogen-bond acceptors (Lipinski definition) is 6. The van der Waals surface area contributed by atoms with Crippen LogP contribution in [0.15, 0.2) is 49.1 Å². The minimum absolute atomic E-state index is 0.141. The number of aromatic nitrogens is 4. The van der Waals surface area contributed by atoms with Gasteiger partial charge in [0.05, 0.1) is 11.1 Å². The largest absolute Gasteiger partial charge is 0.417 e. The summed E-state index contributed by atoms with van der Waals surface area (Å²) in [4.78, 5) is 31.8. The molecule has 3 aromatic rings. The van der Waals surface area contributed by atoms with Crippen LogP contribution in [0, 0.1) is 6.92 Å². The summed E-state index contributed by atoms with van der Waals surface area (Å²) in [6.07, 6.45) is 2.69. The smallest absolute Gasteiger partial charge is 0.366 e. The molecule has 166 valence electrons. The van der Waals surface area contributed by atoms with E-state index in [-0.39, 0.29) is 17.6 Å². The molecule has 1 fully saturated rings. The average Bonchev–Trinajstić information content (AvgIpc) is 2.79. The van der Waals surface area contributed by atoms with E-state index in [9.17, 15) is 18.0 Å². The van der Waals surface area contributed by atoms with Crippen molar-refractivity contribution in [1.82, 2.24) is 24.8 Å². The summed E-state index contributed by atoms with van der Waals surface area (Å²) in [5.74, 6) is 0.537. The number of amides is 1. The highest BCUT2D eigenvalue weighted by atomic mass is 19.4. The van der Waals surface area contributed by atoms with E-state index in [1.54, 1.807) is 35.6 Å². The minimum atomic E-state index is -4.43. The fourth-order valence-electron chi connectivity index (χ4n) is 3.72. The van der Waals surface area contributed by atoms with Crippen molar-refractivity contribution >= 4 is 11.7 Å². The maximum absolute atomic E-state index is 13.3. The zero-order valence-corrected chi connectivity index (χ0v) is 17.3. The van der Waals surface area contributed by atoms with Gasteiger partial charge < -0.3 is 10.2 Å². The predicted molar refractivity (Wildman–Crippen MR) is 112 cm³/mol. The Hall–Kier alpha value is -3.56. The number of carbonyl (C=O) groups excluding carboxylic acids is 1. The minimum Gasteiger partial charge on any atom is -0.366 e. The molecule has 0 saturated carbocycles. The quantitative estimate of drug-likeness (QED) is 0.658. The van der Waals surface area contributed by atoms with Crippen LogP contribution in [0.4, 0.5) is 19.0 Å². The Morgan fingerprint density at radius 3 is 2.56 bits per heavy atom. The van der Waals surface area contributed by atoms with E-state index in [1.807, 2.05) is 6.92 Å². The molecule has 0 aliphatic carbocycles. The van der Waals surface area contributed by atoms with Gasteiger partial charge in [0.15, 0.2) is 5.82 Å². The number of nitrogens with zero attached hydrogens (tertiary/aromatic N) is 5. The van der Waals surface area contributed by atoms with Gasteiger partial charge in [0.1, 0.15) is 11.5 Å². The summed E-state index contributed by atoms with van der Waals surface area (Å²) in [5.41, 5.74) is 0.918. The molecule has 1 amide bonds. The zero-order chi connectivity index (χ0) is 22.7. The summed E-state index contributed by atoms with van der Waals surface area (Å²) < 4.78 is 38.2. The Labute approximate surface area is 182 Å². The van der Waals surface area contributed by atoms with E-state index in [0.717, 1.165) is 30.7 Å². The number of likely N-dealkylation sites (tertiary alicyclic amines) is 1. The molecule has 1 unspecified atom stereocenters. The Kier molecular flexibility index (Phi) is 6.02. The number of aryl methyl sites for hydroxylation is 1. The van der Waals surface area contributed by atoms with Crippen LogP contribution in [0.1, 0.15) is 34.5 Å². The first-order valence-electron chi connectivity index (χ1n) is 10.1. The first-order chi connectivity index (χ1) is 15.3. The second-order valence-electron chi connectivity index (χ2n) is 7.59. The molecule has 0 radical (unpaired) electrons. The standard InChI is InChI=1S/C22H21F3N6O/c1-14-7-10-26-19(18(14)20-27-8-3-9-28-20)21(32)31-11-2-4-16(13-31)30-17-6-5-15(12-29-17)22(23,24)25/h3,5-10,12,16H,2,4,11,13H2,1H3,(H,29,30). The summed E-state index contributed by atoms with van der Waals surface area (Å²) in [6, 6.07) is 5.66. The van der Waals surface area contributed by atoms with Crippen molar-refractivity contribution in [2.45, 2.75) is 32.0 Å². The van der Waals surface area contributed by atoms with Crippen LogP contribution < -0.4 is 5.32 Å². The van der Waals surface area contributed by atoms with Gasteiger partial charge in [0, 0.05) is 43.9 Å². The lowest BCUT2D eigenvalue weighted by Crippen LogP contribution is -2.45. The number of nitrogens with one attached hydrogen (secondary N) is 1. The fourth-order valence-corrected chi connectivity index (χ4v) is 3.72. The highest BCUT2D eigenvalue weighted by molar-refractivity contribution is 5.99. The summed E-state index contributed by atoms with van der Waals surface area (Å²) >= 11 is 0. The van der Waals surface area contributed by atoms with Crippen molar-refractivity contribution in [2.24, 2.45) is 0 Å². The van der Waals surface area contributed by atoms with Gasteiger partial charge in [-0.1, -0.05) is 0 Å². The fraction of sp³-hybridized carbons (Fsp3) is 0.318. The lowest BCUT2D eigenvalue weighted by atomic mass is 10.0. The van der Waals surface area contributed by atoms with Gasteiger partial charge in [-0.2, -0.15) is 13.2 Å². The van der Waals surface area contributed by atoms with E-state index >= 15 is 0 Å². The van der Waals surface area contributed by atoms with Crippen molar-refractivity contribution in [3.8, 4) is 11.4 Å². The Balaban J connectivity index is 1.51. The number of pyridine rings is 2. The number of hydrogen-bond donors (Lipinski definition) is 1. The third-order valence-electron chi connectivity index (χ3n) is 5.30. The Bertz CT molecular complexity index is 1090. The number of halogens is 3. The molecule has 1 saturated heterocycles. The topological polar surface area (TPSA) is 83.9 Å². The van der Waals surface area contributed by atoms with E-state index in [2.05, 4.69) is 25.3 Å². The molecule has 1 N–H and O–H groups in total. The monoisotopic (exact) mass is 442 g/mol. The molecule has 3 aromatic heterocycles. The van der Waals surface area contributed by atoms with E-state index in [4.69, 9.17) is 0 Å². The van der Waals surface area contributed by atoms with Crippen molar-refractivity contribution in [1.29, 1.82) is 0 Å². The van der Waals surface area contributed by atoms with Gasteiger partial charge in [-0.05, 0) is 49.6 Å². The Morgan fingerprint density at radius 1 is 1.09 bits per heavy atom. The molecule has 0 bridgehead atoms. The molecule has 0 spiro atoms. The molecular weight excluding hydrogens is 421 g/mol. The van der Waals surface area contributed by atoms with E-state index in [1.165, 1.54) is 6.07 Å². The summed E-state index contributed by atoms with van der Waals surface area (Å²) in [5, 5.41) is 3.14. The lowest BCUT2D eigenvalue weighted by molar-refractivity contribution is -0.137. The Morgan fingerprint density at radius 2 is 1.88 bits per heavy atom. The average molecular weight is 442 g/mol. The SMILES string of the molecule is Cc1ccnc(C(=O)N2CCCC(Nc3ccc(C(F)(F)F)cn3)C2)c1-c1ncccn1. The van der Waals surface area contributed by atoms with Gasteiger partial charge >= 0.3 is 6.18 Å². The molecule has 1 aliphatic rings. The normalized spacial score (nSPS) is 16.6. The van der Waals surface area contributed by atoms with Crippen LogP contribution in [-0.4, -0.2) is 49.9 Å². The third kappa shape index (κ3) is 4.68. The maximum Gasteiger partial charge on any atom is 0.417 e. The highest BCUT2D eigenvalue weighted by Crippen LogP contribution is 2.29. The van der Waals surface area contributed by atoms with Gasteiger partial charge in [0.2, 0.25) is 0 Å². The van der Waals surface area contributed by atoms with Crippen molar-refractivity contribution < 1.29 is 18.0 Å². The number of carbonyl (C=O) groups is 1. The zero-order valence-electron chi connectivity index (χ0n) is 17.3. The lowest BCUT2D eigenvalue weighted by Gasteiger charge is -2.33. The van der Waals surface area contributed by atoms with Crippen LogP contribution in [0.25, 0.3) is 11.4 Å². The van der Waals surface area contributed by atoms with Crippen LogP contribution >= 0.6 is 0 Å². The number of alkyl halides is 3. The second-order valence-corrected chi connectivity index (χ2v) is 7.59. The van der Waals surface area contributed by atoms with Crippen molar-refractivity contribution in [3.63, 3.8) is 0 Å². The van der Waals surface area contributed by atoms with Crippen LogP contribution in [0.3, 0.4) is 0 Å². The molecule has 7 nitrogen and oxygen atoms in total. The van der Waals surface area contributed by atoms with Crippen molar-refractivity contribution in [2.75, 3.05) is 18.4 Å². The van der Waals surface area contributed by atoms with Crippen molar-refractivity contribution in [3.05, 3.63) is 65.9 Å². The predicted octanol–water partition coefficient (Wildman–Crippen LogP) is 3.98. The molecule has 0 aromatic carbocycles. The van der Waals surface area contributed by atoms with Gasteiger partial charge in [-0.25, -0.2) is 15.0 Å². The van der Waals surface area contributed by atoms with Crippen LogP contribution in [0.2, 0.25) is 0 Å². The molecular formula is C22H21F3N6O. The van der Waals surface area contributed by atoms with Gasteiger partial charge in [-0.15, -0.1) is 0 Å². The molecule has 10 heteroatoms. The van der Waals surface area contributed by atoms with E-state index in [0.29, 0.717) is 30.3 Å². The summed E-state index contributed by atoms with van der Waals surface area (Å²) in [7, 11) is 0. The molecule has 1 atom stereocenters. The summed E-state index contributed by atoms with van der Waals surface area (Å²) in [6.45, 7) is 2.81. The number of anilines is 1. The van der Waals surface area contributed by atoms with Crippen LogP contribution in [0.5, 0.6) is 0 Å². The highest BCUT2D eigenvalue weighted by Gasteiger charge is 2.31. The molecule has 4 heterocycles.